The van der Waals surface area contributed by atoms with Crippen molar-refractivity contribution in [3.63, 3.8) is 0 Å². The zero-order chi connectivity index (χ0) is 9.68. The Morgan fingerprint density at radius 2 is 2.38 bits per heavy atom. The van der Waals surface area contributed by atoms with Gasteiger partial charge < -0.3 is 9.88 Å². The Morgan fingerprint density at radius 3 is 2.92 bits per heavy atom. The summed E-state index contributed by atoms with van der Waals surface area (Å²) in [7, 11) is 1.96. The van der Waals surface area contributed by atoms with E-state index in [1.54, 1.807) is 6.33 Å². The number of hydrogen-bond acceptors (Lipinski definition) is 3. The fourth-order valence-electron chi connectivity index (χ4n) is 1.04. The molecule has 0 amide bonds. The zero-order valence-electron chi connectivity index (χ0n) is 8.62. The third-order valence-electron chi connectivity index (χ3n) is 2.28. The van der Waals surface area contributed by atoms with Gasteiger partial charge >= 0.3 is 0 Å². The summed E-state index contributed by atoms with van der Waals surface area (Å²) in [5.74, 6) is 1.72. The van der Waals surface area contributed by atoms with E-state index in [1.807, 2.05) is 11.6 Å². The van der Waals surface area contributed by atoms with Crippen molar-refractivity contribution in [2.75, 3.05) is 6.54 Å². The summed E-state index contributed by atoms with van der Waals surface area (Å²) in [6.07, 6.45) is 2.94. The van der Waals surface area contributed by atoms with E-state index in [1.165, 1.54) is 6.42 Å². The number of nitrogens with zero attached hydrogens (tertiary/aromatic N) is 3. The Balaban J connectivity index is 2.24. The molecule has 1 heterocycles. The van der Waals surface area contributed by atoms with Crippen molar-refractivity contribution in [1.29, 1.82) is 0 Å². The molecule has 1 rings (SSSR count). The molecule has 1 aromatic rings. The summed E-state index contributed by atoms with van der Waals surface area (Å²) in [6.45, 7) is 6.29. The van der Waals surface area contributed by atoms with Crippen LogP contribution < -0.4 is 5.32 Å². The summed E-state index contributed by atoms with van der Waals surface area (Å²) < 4.78 is 1.93. The van der Waals surface area contributed by atoms with Crippen LogP contribution in [0.5, 0.6) is 0 Å². The van der Waals surface area contributed by atoms with Gasteiger partial charge in [0.25, 0.3) is 0 Å². The molecule has 13 heavy (non-hydrogen) atoms. The van der Waals surface area contributed by atoms with Gasteiger partial charge in [0.2, 0.25) is 0 Å². The largest absolute Gasteiger partial charge is 0.320 e. The standard InChI is InChI=1S/C9H18N4/c1-4-8(2)5-10-6-9-12-11-7-13(9)3/h7-8,10H,4-6H2,1-3H3. The average Bonchev–Trinajstić information content (AvgIpc) is 2.52. The highest BCUT2D eigenvalue weighted by Gasteiger charge is 2.01. The second-order valence-electron chi connectivity index (χ2n) is 3.50. The van der Waals surface area contributed by atoms with E-state index in [4.69, 9.17) is 0 Å². The minimum atomic E-state index is 0.730. The molecule has 0 aliphatic rings. The molecule has 0 aliphatic carbocycles. The van der Waals surface area contributed by atoms with Gasteiger partial charge in [-0.25, -0.2) is 0 Å². The number of hydrogen-bond donors (Lipinski definition) is 1. The molecule has 0 aromatic carbocycles. The molecule has 0 bridgehead atoms. The zero-order valence-corrected chi connectivity index (χ0v) is 8.62. The Morgan fingerprint density at radius 1 is 1.62 bits per heavy atom. The van der Waals surface area contributed by atoms with Gasteiger partial charge in [-0.1, -0.05) is 20.3 Å². The molecule has 0 aliphatic heterocycles. The highest BCUT2D eigenvalue weighted by atomic mass is 15.3. The van der Waals surface area contributed by atoms with Crippen molar-refractivity contribution < 1.29 is 0 Å². The minimum Gasteiger partial charge on any atom is -0.320 e. The molecule has 1 unspecified atom stereocenters. The normalized spacial score (nSPS) is 13.2. The predicted octanol–water partition coefficient (Wildman–Crippen LogP) is 0.951. The van der Waals surface area contributed by atoms with Crippen molar-refractivity contribution in [3.05, 3.63) is 12.2 Å². The Bertz CT molecular complexity index is 244. The quantitative estimate of drug-likeness (QED) is 0.737. The van der Waals surface area contributed by atoms with Crippen molar-refractivity contribution >= 4 is 0 Å². The molecule has 0 fully saturated rings. The molecular weight excluding hydrogens is 164 g/mol. The van der Waals surface area contributed by atoms with Crippen LogP contribution in [0.3, 0.4) is 0 Å². The highest BCUT2D eigenvalue weighted by Crippen LogP contribution is 1.98. The molecule has 74 valence electrons. The topological polar surface area (TPSA) is 42.7 Å². The van der Waals surface area contributed by atoms with Gasteiger partial charge in [-0.2, -0.15) is 0 Å². The number of nitrogens with one attached hydrogen (secondary N) is 1. The Labute approximate surface area is 79.4 Å². The average molecular weight is 182 g/mol. The number of aromatic nitrogens is 3. The van der Waals surface area contributed by atoms with E-state index in [9.17, 15) is 0 Å². The lowest BCUT2D eigenvalue weighted by molar-refractivity contribution is 0.490. The SMILES string of the molecule is CCC(C)CNCc1nncn1C. The van der Waals surface area contributed by atoms with Crippen molar-refractivity contribution in [3.8, 4) is 0 Å². The van der Waals surface area contributed by atoms with E-state index in [0.717, 1.165) is 24.8 Å². The van der Waals surface area contributed by atoms with E-state index in [2.05, 4.69) is 29.4 Å². The first kappa shape index (κ1) is 10.2. The van der Waals surface area contributed by atoms with Gasteiger partial charge in [0.1, 0.15) is 12.2 Å². The van der Waals surface area contributed by atoms with E-state index in [0.29, 0.717) is 0 Å². The molecule has 0 radical (unpaired) electrons. The third kappa shape index (κ3) is 3.14. The summed E-state index contributed by atoms with van der Waals surface area (Å²) in [4.78, 5) is 0. The van der Waals surface area contributed by atoms with E-state index >= 15 is 0 Å². The van der Waals surface area contributed by atoms with Crippen LogP contribution in [-0.2, 0) is 13.6 Å². The van der Waals surface area contributed by atoms with Gasteiger partial charge in [0.05, 0.1) is 6.54 Å². The second kappa shape index (κ2) is 4.97. The lowest BCUT2D eigenvalue weighted by Gasteiger charge is -2.08. The molecular formula is C9H18N4. The molecule has 1 atom stereocenters. The lowest BCUT2D eigenvalue weighted by Crippen LogP contribution is -2.21. The first-order chi connectivity index (χ1) is 6.24. The van der Waals surface area contributed by atoms with Crippen LogP contribution in [0.4, 0.5) is 0 Å². The molecule has 4 heteroatoms. The summed E-state index contributed by atoms with van der Waals surface area (Å²) in [5, 5.41) is 11.2. The molecule has 4 nitrogen and oxygen atoms in total. The van der Waals surface area contributed by atoms with Crippen LogP contribution in [0, 0.1) is 5.92 Å². The lowest BCUT2D eigenvalue weighted by atomic mass is 10.1. The maximum Gasteiger partial charge on any atom is 0.146 e. The van der Waals surface area contributed by atoms with Gasteiger partial charge in [-0.05, 0) is 12.5 Å². The fraction of sp³-hybridized carbons (Fsp3) is 0.778. The Kier molecular flexibility index (Phi) is 3.89. The van der Waals surface area contributed by atoms with Crippen LogP contribution in [-0.4, -0.2) is 21.3 Å². The van der Waals surface area contributed by atoms with Crippen molar-refractivity contribution in [1.82, 2.24) is 20.1 Å². The highest BCUT2D eigenvalue weighted by molar-refractivity contribution is 4.82. The molecule has 1 N–H and O–H groups in total. The fourth-order valence-corrected chi connectivity index (χ4v) is 1.04. The maximum atomic E-state index is 3.99. The van der Waals surface area contributed by atoms with Crippen LogP contribution in [0.2, 0.25) is 0 Å². The van der Waals surface area contributed by atoms with E-state index in [-0.39, 0.29) is 0 Å². The van der Waals surface area contributed by atoms with Crippen LogP contribution in [0.15, 0.2) is 6.33 Å². The first-order valence-electron chi connectivity index (χ1n) is 4.77. The van der Waals surface area contributed by atoms with Crippen molar-refractivity contribution in [2.24, 2.45) is 13.0 Å². The summed E-state index contributed by atoms with van der Waals surface area (Å²) >= 11 is 0. The Hall–Kier alpha value is -0.900. The minimum absolute atomic E-state index is 0.730. The summed E-state index contributed by atoms with van der Waals surface area (Å²) in [5.41, 5.74) is 0. The number of aryl methyl sites for hydroxylation is 1. The molecule has 0 saturated carbocycles. The first-order valence-corrected chi connectivity index (χ1v) is 4.77. The second-order valence-corrected chi connectivity index (χ2v) is 3.50. The van der Waals surface area contributed by atoms with Gasteiger partial charge in [-0.15, -0.1) is 10.2 Å². The van der Waals surface area contributed by atoms with Gasteiger partial charge in [0, 0.05) is 7.05 Å². The van der Waals surface area contributed by atoms with Crippen LogP contribution >= 0.6 is 0 Å². The predicted molar refractivity (Wildman–Crippen MR) is 52.2 cm³/mol. The molecule has 0 spiro atoms. The smallest absolute Gasteiger partial charge is 0.146 e. The third-order valence-corrected chi connectivity index (χ3v) is 2.28. The van der Waals surface area contributed by atoms with E-state index < -0.39 is 0 Å². The van der Waals surface area contributed by atoms with Crippen molar-refractivity contribution in [2.45, 2.75) is 26.8 Å². The number of rotatable bonds is 5. The van der Waals surface area contributed by atoms with Gasteiger partial charge in [0.15, 0.2) is 0 Å². The molecule has 1 aromatic heterocycles. The summed E-state index contributed by atoms with van der Waals surface area (Å²) in [6, 6.07) is 0. The molecule has 0 saturated heterocycles. The van der Waals surface area contributed by atoms with Gasteiger partial charge in [-0.3, -0.25) is 0 Å². The monoisotopic (exact) mass is 182 g/mol. The maximum absolute atomic E-state index is 3.99. The van der Waals surface area contributed by atoms with Crippen LogP contribution in [0.25, 0.3) is 0 Å². The van der Waals surface area contributed by atoms with Crippen LogP contribution in [0.1, 0.15) is 26.1 Å².